The topological polar surface area (TPSA) is 65.0 Å². The van der Waals surface area contributed by atoms with Crippen LogP contribution in [0.4, 0.5) is 0 Å². The van der Waals surface area contributed by atoms with E-state index in [0.29, 0.717) is 12.2 Å². The molecule has 1 heterocycles. The molecule has 2 N–H and O–H groups in total. The van der Waals surface area contributed by atoms with Gasteiger partial charge in [-0.15, -0.1) is 0 Å². The maximum atomic E-state index is 11.5. The highest BCUT2D eigenvalue weighted by molar-refractivity contribution is 5.78. The molecule has 2 atom stereocenters. The third-order valence-electron chi connectivity index (χ3n) is 2.26. The Hall–Kier alpha value is -1.27. The van der Waals surface area contributed by atoms with Crippen molar-refractivity contribution in [3.8, 4) is 0 Å². The van der Waals surface area contributed by atoms with Crippen molar-refractivity contribution in [2.75, 3.05) is 20.6 Å². The van der Waals surface area contributed by atoms with Gasteiger partial charge in [0.05, 0.1) is 18.3 Å². The van der Waals surface area contributed by atoms with E-state index in [4.69, 9.17) is 4.74 Å². The number of nitrogens with one attached hydrogen (secondary N) is 1. The molecule has 0 aromatic rings. The van der Waals surface area contributed by atoms with Crippen molar-refractivity contribution in [3.05, 3.63) is 12.0 Å². The van der Waals surface area contributed by atoms with Crippen molar-refractivity contribution >= 4 is 5.91 Å². The minimum atomic E-state index is -0.550. The van der Waals surface area contributed by atoms with Gasteiger partial charge in [-0.25, -0.2) is 5.06 Å². The second kappa shape index (κ2) is 5.18. The van der Waals surface area contributed by atoms with Crippen LogP contribution in [0.2, 0.25) is 0 Å². The number of hydrogen-bond donors (Lipinski definition) is 2. The molecule has 1 aliphatic rings. The van der Waals surface area contributed by atoms with Crippen LogP contribution in [0, 0.1) is 0 Å². The summed E-state index contributed by atoms with van der Waals surface area (Å²) in [5.74, 6) is -0.0981. The number of rotatable bonds is 4. The minimum absolute atomic E-state index is 0.0981. The summed E-state index contributed by atoms with van der Waals surface area (Å²) in [7, 11) is 3.64. The van der Waals surface area contributed by atoms with E-state index in [1.165, 1.54) is 6.26 Å². The van der Waals surface area contributed by atoms with Crippen LogP contribution < -0.4 is 5.32 Å². The molecule has 0 spiro atoms. The Kier molecular flexibility index (Phi) is 4.14. The largest absolute Gasteiger partial charge is 0.472 e. The lowest BCUT2D eigenvalue weighted by Gasteiger charge is -2.26. The highest BCUT2D eigenvalue weighted by Crippen LogP contribution is 2.18. The fraction of sp³-hybridized carbons (Fsp3) is 0.700. The quantitative estimate of drug-likeness (QED) is 0.708. The van der Waals surface area contributed by atoms with Gasteiger partial charge in [0.15, 0.2) is 0 Å². The number of nitrogens with zero attached hydrogens (tertiary/aromatic N) is 2. The molecule has 0 aliphatic carbocycles. The van der Waals surface area contributed by atoms with Crippen LogP contribution in [-0.2, 0) is 9.53 Å². The van der Waals surface area contributed by atoms with Gasteiger partial charge in [0.25, 0.3) is 0 Å². The molecule has 6 heteroatoms. The molecule has 92 valence electrons. The van der Waals surface area contributed by atoms with Gasteiger partial charge < -0.3 is 15.0 Å². The Labute approximate surface area is 95.4 Å². The smallest absolute Gasteiger partial charge is 0.234 e. The van der Waals surface area contributed by atoms with Gasteiger partial charge in [-0.05, 0) is 27.9 Å². The Morgan fingerprint density at radius 2 is 2.38 bits per heavy atom. The van der Waals surface area contributed by atoms with Crippen molar-refractivity contribution in [1.29, 1.82) is 0 Å². The molecule has 0 bridgehead atoms. The highest BCUT2D eigenvalue weighted by Gasteiger charge is 2.30. The Bertz CT molecular complexity index is 291. The summed E-state index contributed by atoms with van der Waals surface area (Å²) >= 11 is 0. The molecular weight excluding hydrogens is 210 g/mol. The number of carbonyl (C=O) groups is 1. The van der Waals surface area contributed by atoms with Crippen LogP contribution >= 0.6 is 0 Å². The second-order valence-corrected chi connectivity index (χ2v) is 4.22. The summed E-state index contributed by atoms with van der Waals surface area (Å²) in [6, 6.07) is -0.286. The predicted molar refractivity (Wildman–Crippen MR) is 58.4 cm³/mol. The monoisotopic (exact) mass is 229 g/mol. The van der Waals surface area contributed by atoms with E-state index < -0.39 is 6.23 Å². The lowest BCUT2D eigenvalue weighted by molar-refractivity contribution is -0.158. The average Bonchev–Trinajstić information content (AvgIpc) is 2.45. The lowest BCUT2D eigenvalue weighted by Crippen LogP contribution is -2.49. The van der Waals surface area contributed by atoms with E-state index in [1.54, 1.807) is 18.7 Å². The molecular formula is C10H19N3O3. The van der Waals surface area contributed by atoms with Gasteiger partial charge in [0.2, 0.25) is 12.1 Å². The molecule has 1 amide bonds. The molecule has 0 saturated heterocycles. The van der Waals surface area contributed by atoms with E-state index in [9.17, 15) is 10.0 Å². The summed E-state index contributed by atoms with van der Waals surface area (Å²) in [5, 5.41) is 13.4. The van der Waals surface area contributed by atoms with Crippen LogP contribution in [0.1, 0.15) is 13.8 Å². The fourth-order valence-electron chi connectivity index (χ4n) is 1.47. The maximum Gasteiger partial charge on any atom is 0.234 e. The van der Waals surface area contributed by atoms with Gasteiger partial charge in [0, 0.05) is 0 Å². The van der Waals surface area contributed by atoms with Crippen LogP contribution in [0.15, 0.2) is 12.0 Å². The number of hydroxylamine groups is 2. The zero-order valence-electron chi connectivity index (χ0n) is 10.1. The fourth-order valence-corrected chi connectivity index (χ4v) is 1.47. The lowest BCUT2D eigenvalue weighted by atomic mass is 10.3. The van der Waals surface area contributed by atoms with E-state index in [1.807, 2.05) is 14.1 Å². The molecule has 0 aromatic carbocycles. The molecule has 6 nitrogen and oxygen atoms in total. The molecule has 0 aromatic heterocycles. The first-order valence-corrected chi connectivity index (χ1v) is 5.16. The second-order valence-electron chi connectivity index (χ2n) is 4.22. The standard InChI is InChI=1S/C10H19N3O3/c1-7-6-16-10(13(7)15)8(2)11-9(14)5-12(3)4/h6,8,10,15H,5H2,1-4H3,(H,11,14)/t8-,10?/m0/s1. The number of carbonyl (C=O) groups excluding carboxylic acids is 1. The summed E-state index contributed by atoms with van der Waals surface area (Å²) in [4.78, 5) is 13.3. The molecule has 16 heavy (non-hydrogen) atoms. The van der Waals surface area contributed by atoms with Crippen molar-refractivity contribution in [2.24, 2.45) is 0 Å². The third kappa shape index (κ3) is 3.11. The van der Waals surface area contributed by atoms with Crippen molar-refractivity contribution < 1.29 is 14.7 Å². The number of ether oxygens (including phenoxy) is 1. The highest BCUT2D eigenvalue weighted by atomic mass is 16.6. The van der Waals surface area contributed by atoms with Crippen LogP contribution in [0.3, 0.4) is 0 Å². The molecule has 0 radical (unpaired) electrons. The summed E-state index contributed by atoms with van der Waals surface area (Å²) < 4.78 is 5.23. The van der Waals surface area contributed by atoms with Gasteiger partial charge in [-0.3, -0.25) is 10.0 Å². The normalized spacial score (nSPS) is 21.8. The van der Waals surface area contributed by atoms with Crippen LogP contribution in [-0.4, -0.2) is 54.0 Å². The zero-order valence-corrected chi connectivity index (χ0v) is 10.1. The summed E-state index contributed by atoms with van der Waals surface area (Å²) in [6.07, 6.45) is 0.922. The number of likely N-dealkylation sites (N-methyl/N-ethyl adjacent to an activating group) is 1. The molecule has 1 aliphatic heterocycles. The Morgan fingerprint density at radius 1 is 1.75 bits per heavy atom. The average molecular weight is 229 g/mol. The van der Waals surface area contributed by atoms with E-state index >= 15 is 0 Å². The zero-order chi connectivity index (χ0) is 12.3. The van der Waals surface area contributed by atoms with Crippen molar-refractivity contribution in [2.45, 2.75) is 26.1 Å². The predicted octanol–water partition coefficient (Wildman–Crippen LogP) is -0.0385. The molecule has 0 saturated carbocycles. The molecule has 1 unspecified atom stereocenters. The summed E-state index contributed by atoms with van der Waals surface area (Å²) in [5.41, 5.74) is 0.624. The van der Waals surface area contributed by atoms with Crippen molar-refractivity contribution in [1.82, 2.24) is 15.3 Å². The number of allylic oxidation sites excluding steroid dienone is 1. The maximum absolute atomic E-state index is 11.5. The molecule has 0 fully saturated rings. The first-order chi connectivity index (χ1) is 7.41. The van der Waals surface area contributed by atoms with Gasteiger partial charge in [0.1, 0.15) is 6.26 Å². The molecule has 1 rings (SSSR count). The van der Waals surface area contributed by atoms with E-state index in [2.05, 4.69) is 5.32 Å². The Morgan fingerprint density at radius 3 is 2.81 bits per heavy atom. The SMILES string of the molecule is CC1=COC([C@H](C)NC(=O)CN(C)C)N1O. The minimum Gasteiger partial charge on any atom is -0.472 e. The third-order valence-corrected chi connectivity index (χ3v) is 2.26. The summed E-state index contributed by atoms with van der Waals surface area (Å²) in [6.45, 7) is 3.83. The van der Waals surface area contributed by atoms with Gasteiger partial charge >= 0.3 is 0 Å². The van der Waals surface area contributed by atoms with Crippen LogP contribution in [0.5, 0.6) is 0 Å². The first kappa shape index (κ1) is 12.8. The number of amides is 1. The van der Waals surface area contributed by atoms with Crippen molar-refractivity contribution in [3.63, 3.8) is 0 Å². The Balaban J connectivity index is 2.42. The van der Waals surface area contributed by atoms with E-state index in [-0.39, 0.29) is 11.9 Å². The number of hydrogen-bond acceptors (Lipinski definition) is 5. The van der Waals surface area contributed by atoms with Gasteiger partial charge in [-0.2, -0.15) is 0 Å². The first-order valence-electron chi connectivity index (χ1n) is 5.16. The van der Waals surface area contributed by atoms with E-state index in [0.717, 1.165) is 5.06 Å². The van der Waals surface area contributed by atoms with Crippen LogP contribution in [0.25, 0.3) is 0 Å². The van der Waals surface area contributed by atoms with Gasteiger partial charge in [-0.1, -0.05) is 0 Å².